The maximum absolute atomic E-state index is 11.3. The van der Waals surface area contributed by atoms with Gasteiger partial charge in [0.2, 0.25) is 0 Å². The predicted molar refractivity (Wildman–Crippen MR) is 83.4 cm³/mol. The highest BCUT2D eigenvalue weighted by molar-refractivity contribution is 7.91. The molecule has 0 rings (SSSR count). The largest absolute Gasteiger partial charge is 0.314 e. The predicted octanol–water partition coefficient (Wildman–Crippen LogP) is 1.91. The van der Waals surface area contributed by atoms with Crippen LogP contribution >= 0.6 is 0 Å². The van der Waals surface area contributed by atoms with Gasteiger partial charge in [0.1, 0.15) is 9.84 Å². The summed E-state index contributed by atoms with van der Waals surface area (Å²) in [4.78, 5) is 2.43. The zero-order valence-corrected chi connectivity index (χ0v) is 13.9. The van der Waals surface area contributed by atoms with E-state index < -0.39 is 9.84 Å². The van der Waals surface area contributed by atoms with Crippen molar-refractivity contribution >= 4 is 9.84 Å². The second-order valence-corrected chi connectivity index (χ2v) is 7.59. The Balaban J connectivity index is 3.57. The molecule has 0 aromatic rings. The van der Waals surface area contributed by atoms with Gasteiger partial charge in [-0.05, 0) is 52.4 Å². The zero-order valence-electron chi connectivity index (χ0n) is 13.1. The molecule has 1 unspecified atom stereocenters. The van der Waals surface area contributed by atoms with Crippen molar-refractivity contribution in [2.24, 2.45) is 0 Å². The van der Waals surface area contributed by atoms with Crippen LogP contribution in [0.15, 0.2) is 0 Å². The lowest BCUT2D eigenvalue weighted by Gasteiger charge is -2.19. The standard InChI is InChI=1S/C14H32N2O2S/c1-5-16(6-2)12-8-10-14(4)15-11-9-13-19(17,18)7-3/h14-15H,5-13H2,1-4H3. The topological polar surface area (TPSA) is 49.4 Å². The Labute approximate surface area is 119 Å². The van der Waals surface area contributed by atoms with Crippen LogP contribution in [0.25, 0.3) is 0 Å². The summed E-state index contributed by atoms with van der Waals surface area (Å²) in [5, 5.41) is 3.41. The molecule has 5 heteroatoms. The number of rotatable bonds is 12. The van der Waals surface area contributed by atoms with E-state index in [1.54, 1.807) is 6.92 Å². The summed E-state index contributed by atoms with van der Waals surface area (Å²) in [6.45, 7) is 12.5. The molecular weight excluding hydrogens is 260 g/mol. The van der Waals surface area contributed by atoms with Crippen LogP contribution in [0, 0.1) is 0 Å². The molecule has 0 saturated carbocycles. The molecule has 0 heterocycles. The van der Waals surface area contributed by atoms with Gasteiger partial charge in [-0.3, -0.25) is 0 Å². The van der Waals surface area contributed by atoms with Crippen LogP contribution in [0.3, 0.4) is 0 Å². The van der Waals surface area contributed by atoms with Crippen LogP contribution in [-0.4, -0.2) is 57.0 Å². The van der Waals surface area contributed by atoms with Crippen molar-refractivity contribution in [3.8, 4) is 0 Å². The van der Waals surface area contributed by atoms with E-state index in [1.807, 2.05) is 0 Å². The lowest BCUT2D eigenvalue weighted by atomic mass is 10.1. The monoisotopic (exact) mass is 292 g/mol. The van der Waals surface area contributed by atoms with Gasteiger partial charge in [-0.2, -0.15) is 0 Å². The first kappa shape index (κ1) is 18.9. The number of sulfone groups is 1. The van der Waals surface area contributed by atoms with Crippen LogP contribution in [-0.2, 0) is 9.84 Å². The van der Waals surface area contributed by atoms with Crippen molar-refractivity contribution in [3.63, 3.8) is 0 Å². The number of hydrogen-bond donors (Lipinski definition) is 1. The fraction of sp³-hybridized carbons (Fsp3) is 1.00. The fourth-order valence-electron chi connectivity index (χ4n) is 2.05. The van der Waals surface area contributed by atoms with Gasteiger partial charge in [0, 0.05) is 11.8 Å². The van der Waals surface area contributed by atoms with E-state index in [0.29, 0.717) is 11.8 Å². The average molecular weight is 292 g/mol. The van der Waals surface area contributed by atoms with E-state index in [9.17, 15) is 8.42 Å². The average Bonchev–Trinajstić information content (AvgIpc) is 2.40. The van der Waals surface area contributed by atoms with Gasteiger partial charge in [0.05, 0.1) is 5.75 Å². The molecule has 0 aromatic carbocycles. The molecule has 0 radical (unpaired) electrons. The molecular formula is C14H32N2O2S. The van der Waals surface area contributed by atoms with Gasteiger partial charge < -0.3 is 10.2 Å². The summed E-state index contributed by atoms with van der Waals surface area (Å²) in [5.41, 5.74) is 0. The highest BCUT2D eigenvalue weighted by Gasteiger charge is 2.07. The van der Waals surface area contributed by atoms with Gasteiger partial charge in [0.15, 0.2) is 0 Å². The molecule has 0 bridgehead atoms. The zero-order chi connectivity index (χ0) is 14.7. The maximum Gasteiger partial charge on any atom is 0.150 e. The van der Waals surface area contributed by atoms with Crippen molar-refractivity contribution in [2.45, 2.75) is 53.0 Å². The van der Waals surface area contributed by atoms with E-state index in [0.717, 1.165) is 39.0 Å². The van der Waals surface area contributed by atoms with Crippen molar-refractivity contribution in [1.82, 2.24) is 10.2 Å². The van der Waals surface area contributed by atoms with E-state index in [1.165, 1.54) is 6.42 Å². The Morgan fingerprint density at radius 3 is 2.26 bits per heavy atom. The first-order valence-electron chi connectivity index (χ1n) is 7.61. The van der Waals surface area contributed by atoms with Crippen LogP contribution in [0.4, 0.5) is 0 Å². The second kappa shape index (κ2) is 10.6. The van der Waals surface area contributed by atoms with Gasteiger partial charge in [0.25, 0.3) is 0 Å². The second-order valence-electron chi connectivity index (χ2n) is 5.11. The third-order valence-corrected chi connectivity index (χ3v) is 5.36. The Morgan fingerprint density at radius 2 is 1.74 bits per heavy atom. The third-order valence-electron chi connectivity index (χ3n) is 3.57. The van der Waals surface area contributed by atoms with Crippen LogP contribution in [0.2, 0.25) is 0 Å². The summed E-state index contributed by atoms with van der Waals surface area (Å²) in [6.07, 6.45) is 3.07. The summed E-state index contributed by atoms with van der Waals surface area (Å²) >= 11 is 0. The van der Waals surface area contributed by atoms with Gasteiger partial charge in [-0.25, -0.2) is 8.42 Å². The minimum Gasteiger partial charge on any atom is -0.314 e. The smallest absolute Gasteiger partial charge is 0.150 e. The molecule has 1 N–H and O–H groups in total. The maximum atomic E-state index is 11.3. The van der Waals surface area contributed by atoms with Gasteiger partial charge >= 0.3 is 0 Å². The van der Waals surface area contributed by atoms with Crippen LogP contribution < -0.4 is 5.32 Å². The minimum absolute atomic E-state index is 0.256. The highest BCUT2D eigenvalue weighted by atomic mass is 32.2. The molecule has 0 amide bonds. The normalized spacial score (nSPS) is 13.9. The Kier molecular flexibility index (Phi) is 10.6. The Morgan fingerprint density at radius 1 is 1.11 bits per heavy atom. The Bertz CT molecular complexity index is 301. The molecule has 0 fully saturated rings. The molecule has 0 aliphatic carbocycles. The van der Waals surface area contributed by atoms with E-state index >= 15 is 0 Å². The summed E-state index contributed by atoms with van der Waals surface area (Å²) in [6, 6.07) is 0.472. The summed E-state index contributed by atoms with van der Waals surface area (Å²) in [5.74, 6) is 0.565. The van der Waals surface area contributed by atoms with E-state index in [2.05, 4.69) is 31.0 Å². The molecule has 116 valence electrons. The molecule has 19 heavy (non-hydrogen) atoms. The Hall–Kier alpha value is -0.130. The quantitative estimate of drug-likeness (QED) is 0.558. The highest BCUT2D eigenvalue weighted by Crippen LogP contribution is 2.00. The number of hydrogen-bond acceptors (Lipinski definition) is 4. The molecule has 1 atom stereocenters. The van der Waals surface area contributed by atoms with Crippen molar-refractivity contribution in [1.29, 1.82) is 0 Å². The summed E-state index contributed by atoms with van der Waals surface area (Å²) in [7, 11) is -2.80. The molecule has 4 nitrogen and oxygen atoms in total. The van der Waals surface area contributed by atoms with E-state index in [-0.39, 0.29) is 5.75 Å². The van der Waals surface area contributed by atoms with Crippen LogP contribution in [0.1, 0.15) is 47.0 Å². The van der Waals surface area contributed by atoms with Crippen molar-refractivity contribution in [2.75, 3.05) is 37.7 Å². The molecule has 0 spiro atoms. The van der Waals surface area contributed by atoms with Crippen molar-refractivity contribution < 1.29 is 8.42 Å². The van der Waals surface area contributed by atoms with E-state index in [4.69, 9.17) is 0 Å². The van der Waals surface area contributed by atoms with Crippen LogP contribution in [0.5, 0.6) is 0 Å². The number of nitrogens with zero attached hydrogens (tertiary/aromatic N) is 1. The first-order valence-corrected chi connectivity index (χ1v) is 9.43. The van der Waals surface area contributed by atoms with Crippen molar-refractivity contribution in [3.05, 3.63) is 0 Å². The van der Waals surface area contributed by atoms with Gasteiger partial charge in [-0.15, -0.1) is 0 Å². The molecule has 0 aromatic heterocycles. The third kappa shape index (κ3) is 10.3. The lowest BCUT2D eigenvalue weighted by molar-refractivity contribution is 0.290. The lowest BCUT2D eigenvalue weighted by Crippen LogP contribution is -2.30. The molecule has 0 aliphatic heterocycles. The first-order chi connectivity index (χ1) is 8.95. The fourth-order valence-corrected chi connectivity index (χ4v) is 2.92. The summed E-state index contributed by atoms with van der Waals surface area (Å²) < 4.78 is 22.6. The minimum atomic E-state index is -2.80. The van der Waals surface area contributed by atoms with Gasteiger partial charge in [-0.1, -0.05) is 20.8 Å². The molecule has 0 saturated heterocycles. The molecule has 0 aliphatic rings. The number of nitrogens with one attached hydrogen (secondary N) is 1. The SMILES string of the molecule is CCN(CC)CCCC(C)NCCCS(=O)(=O)CC.